The zero-order valence-electron chi connectivity index (χ0n) is 11.3. The molecule has 1 aliphatic rings. The predicted octanol–water partition coefficient (Wildman–Crippen LogP) is 0.114. The van der Waals surface area contributed by atoms with Crippen LogP contribution >= 0.6 is 11.8 Å². The van der Waals surface area contributed by atoms with Crippen molar-refractivity contribution in [3.8, 4) is 0 Å². The molecule has 7 heteroatoms. The molecule has 0 saturated carbocycles. The molecule has 1 rings (SSSR count). The Balaban J connectivity index is 2.32. The highest BCUT2D eigenvalue weighted by atomic mass is 32.2. The van der Waals surface area contributed by atoms with E-state index in [1.165, 1.54) is 10.6 Å². The number of sulfonamides is 1. The molecule has 0 aromatic rings. The molecule has 0 aliphatic carbocycles. The zero-order chi connectivity index (χ0) is 13.8. The maximum Gasteiger partial charge on any atom is 0.211 e. The first-order valence-corrected chi connectivity index (χ1v) is 9.39. The zero-order valence-corrected chi connectivity index (χ0v) is 13.0. The highest BCUT2D eigenvalue weighted by Gasteiger charge is 2.26. The molecule has 0 radical (unpaired) electrons. The third kappa shape index (κ3) is 5.44. The Morgan fingerprint density at radius 1 is 1.44 bits per heavy atom. The molecular weight excluding hydrogens is 272 g/mol. The van der Waals surface area contributed by atoms with E-state index in [2.05, 4.69) is 5.32 Å². The van der Waals surface area contributed by atoms with E-state index in [1.807, 2.05) is 13.2 Å². The van der Waals surface area contributed by atoms with Crippen LogP contribution in [0.1, 0.15) is 19.8 Å². The van der Waals surface area contributed by atoms with Crippen molar-refractivity contribution in [2.24, 2.45) is 0 Å². The number of nitrogens with one attached hydrogen (secondary N) is 1. The summed E-state index contributed by atoms with van der Waals surface area (Å²) in [6.45, 7) is 3.52. The molecule has 1 fully saturated rings. The van der Waals surface area contributed by atoms with Crippen molar-refractivity contribution >= 4 is 21.8 Å². The number of rotatable bonds is 6. The average Bonchev–Trinajstić information content (AvgIpc) is 2.26. The number of thioether (sulfide) groups is 1. The van der Waals surface area contributed by atoms with Gasteiger partial charge in [-0.2, -0.15) is 11.8 Å². The molecular formula is C11H24N2O3S2. The molecule has 0 spiro atoms. The summed E-state index contributed by atoms with van der Waals surface area (Å²) in [6, 6.07) is 0.302. The minimum Gasteiger partial charge on any atom is -0.388 e. The molecule has 1 heterocycles. The van der Waals surface area contributed by atoms with Gasteiger partial charge in [-0.05, 0) is 26.0 Å². The van der Waals surface area contributed by atoms with Crippen molar-refractivity contribution < 1.29 is 13.5 Å². The summed E-state index contributed by atoms with van der Waals surface area (Å²) >= 11 is 1.62. The molecule has 108 valence electrons. The molecule has 0 bridgehead atoms. The molecule has 0 aromatic carbocycles. The van der Waals surface area contributed by atoms with E-state index in [0.717, 1.165) is 12.8 Å². The number of aliphatic hydroxyl groups is 1. The van der Waals surface area contributed by atoms with Crippen molar-refractivity contribution in [3.63, 3.8) is 0 Å². The Morgan fingerprint density at radius 3 is 2.44 bits per heavy atom. The first kappa shape index (κ1) is 16.2. The predicted molar refractivity (Wildman–Crippen MR) is 76.4 cm³/mol. The van der Waals surface area contributed by atoms with Crippen LogP contribution in [0.2, 0.25) is 0 Å². The van der Waals surface area contributed by atoms with E-state index in [0.29, 0.717) is 31.4 Å². The van der Waals surface area contributed by atoms with Gasteiger partial charge < -0.3 is 10.4 Å². The van der Waals surface area contributed by atoms with Crippen LogP contribution in [-0.2, 0) is 10.0 Å². The van der Waals surface area contributed by atoms with Crippen molar-refractivity contribution in [3.05, 3.63) is 0 Å². The Bertz CT molecular complexity index is 349. The summed E-state index contributed by atoms with van der Waals surface area (Å²) in [6.07, 6.45) is 4.84. The van der Waals surface area contributed by atoms with Crippen molar-refractivity contribution in [1.29, 1.82) is 0 Å². The van der Waals surface area contributed by atoms with Gasteiger partial charge in [-0.25, -0.2) is 12.7 Å². The lowest BCUT2D eigenvalue weighted by Gasteiger charge is -2.33. The molecule has 1 saturated heterocycles. The van der Waals surface area contributed by atoms with Crippen LogP contribution in [0.3, 0.4) is 0 Å². The third-order valence-corrected chi connectivity index (χ3v) is 5.36. The number of hydrogen-bond donors (Lipinski definition) is 2. The maximum absolute atomic E-state index is 11.4. The summed E-state index contributed by atoms with van der Waals surface area (Å²) in [7, 11) is -3.05. The Hall–Kier alpha value is 0.180. The van der Waals surface area contributed by atoms with E-state index >= 15 is 0 Å². The molecule has 5 nitrogen and oxygen atoms in total. The lowest BCUT2D eigenvalue weighted by atomic mass is 10.0. The van der Waals surface area contributed by atoms with Gasteiger partial charge in [0.1, 0.15) is 0 Å². The first-order valence-electron chi connectivity index (χ1n) is 6.14. The van der Waals surface area contributed by atoms with Crippen molar-refractivity contribution in [1.82, 2.24) is 9.62 Å². The molecule has 1 unspecified atom stereocenters. The average molecular weight is 296 g/mol. The van der Waals surface area contributed by atoms with Gasteiger partial charge in [0, 0.05) is 31.4 Å². The maximum atomic E-state index is 11.4. The van der Waals surface area contributed by atoms with E-state index in [1.54, 1.807) is 11.8 Å². The SMILES string of the molecule is CSCC(C)(O)CNC1CCN(S(C)(=O)=O)CC1. The summed E-state index contributed by atoms with van der Waals surface area (Å²) in [4.78, 5) is 0. The highest BCUT2D eigenvalue weighted by molar-refractivity contribution is 7.98. The number of nitrogens with zero attached hydrogens (tertiary/aromatic N) is 1. The standard InChI is InChI=1S/C11H24N2O3S2/c1-11(14,9-17-2)8-12-10-4-6-13(7-5-10)18(3,15)16/h10,12,14H,4-9H2,1-3H3. The van der Waals surface area contributed by atoms with Crippen molar-refractivity contribution in [2.75, 3.05) is 37.9 Å². The lowest BCUT2D eigenvalue weighted by Crippen LogP contribution is -2.49. The first-order chi connectivity index (χ1) is 8.24. The Morgan fingerprint density at radius 2 is 2.00 bits per heavy atom. The van der Waals surface area contributed by atoms with Gasteiger partial charge in [0.25, 0.3) is 0 Å². The van der Waals surface area contributed by atoms with Crippen LogP contribution in [0.25, 0.3) is 0 Å². The van der Waals surface area contributed by atoms with Crippen molar-refractivity contribution in [2.45, 2.75) is 31.4 Å². The van der Waals surface area contributed by atoms with Gasteiger partial charge >= 0.3 is 0 Å². The second-order valence-corrected chi connectivity index (χ2v) is 8.10. The summed E-state index contributed by atoms with van der Waals surface area (Å²) in [5, 5.41) is 13.4. The molecule has 18 heavy (non-hydrogen) atoms. The fourth-order valence-electron chi connectivity index (χ4n) is 2.12. The van der Waals surface area contributed by atoms with Crippen LogP contribution in [0.15, 0.2) is 0 Å². The third-order valence-electron chi connectivity index (χ3n) is 3.15. The highest BCUT2D eigenvalue weighted by Crippen LogP contribution is 2.15. The Labute approximate surface area is 114 Å². The molecule has 0 aromatic heterocycles. The summed E-state index contributed by atoms with van der Waals surface area (Å²) < 4.78 is 24.2. The summed E-state index contributed by atoms with van der Waals surface area (Å²) in [5.41, 5.74) is -0.701. The molecule has 2 N–H and O–H groups in total. The van der Waals surface area contributed by atoms with Gasteiger partial charge in [-0.15, -0.1) is 0 Å². The van der Waals surface area contributed by atoms with Crippen LogP contribution in [0, 0.1) is 0 Å². The van der Waals surface area contributed by atoms with E-state index in [9.17, 15) is 13.5 Å². The second kappa shape index (κ2) is 6.56. The van der Waals surface area contributed by atoms with Crippen LogP contribution in [0.5, 0.6) is 0 Å². The molecule has 0 amide bonds. The quantitative estimate of drug-likeness (QED) is 0.728. The van der Waals surface area contributed by atoms with Gasteiger partial charge in [-0.1, -0.05) is 0 Å². The molecule has 1 aliphatic heterocycles. The minimum absolute atomic E-state index is 0.302. The fraction of sp³-hybridized carbons (Fsp3) is 1.00. The van der Waals surface area contributed by atoms with Crippen LogP contribution < -0.4 is 5.32 Å². The monoisotopic (exact) mass is 296 g/mol. The van der Waals surface area contributed by atoms with Gasteiger partial charge in [0.2, 0.25) is 10.0 Å². The largest absolute Gasteiger partial charge is 0.388 e. The van der Waals surface area contributed by atoms with E-state index < -0.39 is 15.6 Å². The fourth-order valence-corrected chi connectivity index (χ4v) is 3.72. The minimum atomic E-state index is -3.05. The van der Waals surface area contributed by atoms with Crippen LogP contribution in [-0.4, -0.2) is 67.4 Å². The number of hydrogen-bond acceptors (Lipinski definition) is 5. The van der Waals surface area contributed by atoms with Gasteiger partial charge in [0.15, 0.2) is 0 Å². The van der Waals surface area contributed by atoms with Gasteiger partial charge in [0.05, 0.1) is 11.9 Å². The van der Waals surface area contributed by atoms with E-state index in [-0.39, 0.29) is 0 Å². The summed E-state index contributed by atoms with van der Waals surface area (Å²) in [5.74, 6) is 0.697. The van der Waals surface area contributed by atoms with Gasteiger partial charge in [-0.3, -0.25) is 0 Å². The normalized spacial score (nSPS) is 22.9. The topological polar surface area (TPSA) is 69.6 Å². The second-order valence-electron chi connectivity index (χ2n) is 5.25. The van der Waals surface area contributed by atoms with E-state index in [4.69, 9.17) is 0 Å². The lowest BCUT2D eigenvalue weighted by molar-refractivity contribution is 0.0786. The Kier molecular flexibility index (Phi) is 5.92. The molecule has 1 atom stereocenters. The number of piperidine rings is 1. The smallest absolute Gasteiger partial charge is 0.211 e. The van der Waals surface area contributed by atoms with Crippen LogP contribution in [0.4, 0.5) is 0 Å².